The molecule has 1 aromatic heterocycles. The van der Waals surface area contributed by atoms with Crippen LogP contribution in [0.3, 0.4) is 0 Å². The van der Waals surface area contributed by atoms with E-state index in [9.17, 15) is 0 Å². The van der Waals surface area contributed by atoms with Gasteiger partial charge in [0.2, 0.25) is 5.88 Å². The van der Waals surface area contributed by atoms with Crippen LogP contribution in [0, 0.1) is 0 Å². The van der Waals surface area contributed by atoms with E-state index in [-0.39, 0.29) is 0 Å². The van der Waals surface area contributed by atoms with E-state index in [0.717, 1.165) is 17.8 Å². The molecule has 0 amide bonds. The van der Waals surface area contributed by atoms with Gasteiger partial charge >= 0.3 is 0 Å². The van der Waals surface area contributed by atoms with E-state index in [1.54, 1.807) is 13.3 Å². The first-order chi connectivity index (χ1) is 7.72. The van der Waals surface area contributed by atoms with Gasteiger partial charge in [0.15, 0.2) is 0 Å². The number of nitrogens with zero attached hydrogens (tertiary/aromatic N) is 1. The summed E-state index contributed by atoms with van der Waals surface area (Å²) in [5.74, 6) is 0.604. The SMILES string of the molecule is C=C(C)COCCNc1ccnc(OC)c1. The Kier molecular flexibility index (Phi) is 5.36. The van der Waals surface area contributed by atoms with Crippen LogP contribution in [0.25, 0.3) is 0 Å². The largest absolute Gasteiger partial charge is 0.481 e. The zero-order valence-corrected chi connectivity index (χ0v) is 9.82. The number of aromatic nitrogens is 1. The summed E-state index contributed by atoms with van der Waals surface area (Å²) in [5, 5.41) is 3.22. The Hall–Kier alpha value is -1.55. The van der Waals surface area contributed by atoms with E-state index in [2.05, 4.69) is 16.9 Å². The summed E-state index contributed by atoms with van der Waals surface area (Å²) >= 11 is 0. The average Bonchev–Trinajstić information content (AvgIpc) is 2.28. The highest BCUT2D eigenvalue weighted by molar-refractivity contribution is 5.44. The van der Waals surface area contributed by atoms with Crippen LogP contribution in [-0.2, 0) is 4.74 Å². The van der Waals surface area contributed by atoms with Crippen molar-refractivity contribution in [1.82, 2.24) is 4.98 Å². The number of rotatable bonds is 7. The van der Waals surface area contributed by atoms with Crippen LogP contribution < -0.4 is 10.1 Å². The summed E-state index contributed by atoms with van der Waals surface area (Å²) in [4.78, 5) is 4.02. The lowest BCUT2D eigenvalue weighted by atomic mass is 10.4. The van der Waals surface area contributed by atoms with Crippen LogP contribution in [0.5, 0.6) is 5.88 Å². The van der Waals surface area contributed by atoms with Crippen molar-refractivity contribution in [3.8, 4) is 5.88 Å². The van der Waals surface area contributed by atoms with Gasteiger partial charge in [-0.15, -0.1) is 0 Å². The quantitative estimate of drug-likeness (QED) is 0.566. The molecule has 0 aliphatic heterocycles. The minimum absolute atomic E-state index is 0.604. The van der Waals surface area contributed by atoms with Gasteiger partial charge in [-0.1, -0.05) is 12.2 Å². The van der Waals surface area contributed by atoms with E-state index >= 15 is 0 Å². The van der Waals surface area contributed by atoms with Crippen molar-refractivity contribution in [1.29, 1.82) is 0 Å². The number of pyridine rings is 1. The maximum atomic E-state index is 5.36. The summed E-state index contributed by atoms with van der Waals surface area (Å²) < 4.78 is 10.4. The molecular weight excluding hydrogens is 204 g/mol. The van der Waals surface area contributed by atoms with Crippen molar-refractivity contribution < 1.29 is 9.47 Å². The van der Waals surface area contributed by atoms with E-state index in [4.69, 9.17) is 9.47 Å². The lowest BCUT2D eigenvalue weighted by molar-refractivity contribution is 0.167. The van der Waals surface area contributed by atoms with Gasteiger partial charge in [-0.3, -0.25) is 0 Å². The first-order valence-corrected chi connectivity index (χ1v) is 5.18. The van der Waals surface area contributed by atoms with Crippen LogP contribution >= 0.6 is 0 Å². The van der Waals surface area contributed by atoms with Crippen molar-refractivity contribution in [2.75, 3.05) is 32.2 Å². The second-order valence-corrected chi connectivity index (χ2v) is 3.52. The maximum absolute atomic E-state index is 5.36. The van der Waals surface area contributed by atoms with Crippen molar-refractivity contribution in [2.45, 2.75) is 6.92 Å². The Morgan fingerprint density at radius 1 is 1.56 bits per heavy atom. The molecule has 0 atom stereocenters. The molecule has 0 bridgehead atoms. The third kappa shape index (κ3) is 4.79. The zero-order valence-electron chi connectivity index (χ0n) is 9.82. The smallest absolute Gasteiger partial charge is 0.214 e. The number of ether oxygens (including phenoxy) is 2. The summed E-state index contributed by atoms with van der Waals surface area (Å²) in [6.07, 6.45) is 1.70. The van der Waals surface area contributed by atoms with Crippen molar-refractivity contribution in [3.05, 3.63) is 30.5 Å². The topological polar surface area (TPSA) is 43.4 Å². The molecule has 16 heavy (non-hydrogen) atoms. The third-order valence-electron chi connectivity index (χ3n) is 1.87. The Balaban J connectivity index is 2.23. The average molecular weight is 222 g/mol. The molecule has 0 radical (unpaired) electrons. The molecule has 4 heteroatoms. The molecule has 88 valence electrons. The van der Waals surface area contributed by atoms with Crippen LogP contribution in [0.2, 0.25) is 0 Å². The number of nitrogens with one attached hydrogen (secondary N) is 1. The van der Waals surface area contributed by atoms with Crippen LogP contribution in [0.15, 0.2) is 30.5 Å². The Bertz CT molecular complexity index is 340. The fourth-order valence-electron chi connectivity index (χ4n) is 1.14. The molecule has 1 aromatic rings. The Morgan fingerprint density at radius 2 is 2.38 bits per heavy atom. The highest BCUT2D eigenvalue weighted by Gasteiger charge is 1.95. The van der Waals surface area contributed by atoms with Gasteiger partial charge in [0.25, 0.3) is 0 Å². The van der Waals surface area contributed by atoms with Crippen molar-refractivity contribution in [2.24, 2.45) is 0 Å². The van der Waals surface area contributed by atoms with Crippen LogP contribution in [0.1, 0.15) is 6.92 Å². The molecule has 0 aliphatic rings. The van der Waals surface area contributed by atoms with Gasteiger partial charge in [0, 0.05) is 24.5 Å². The summed E-state index contributed by atoms with van der Waals surface area (Å²) in [5.41, 5.74) is 2.01. The second-order valence-electron chi connectivity index (χ2n) is 3.52. The molecule has 4 nitrogen and oxygen atoms in total. The Morgan fingerprint density at radius 3 is 3.06 bits per heavy atom. The normalized spacial score (nSPS) is 9.88. The molecule has 0 aromatic carbocycles. The maximum Gasteiger partial charge on any atom is 0.214 e. The molecule has 1 N–H and O–H groups in total. The van der Waals surface area contributed by atoms with Gasteiger partial charge in [-0.25, -0.2) is 4.98 Å². The summed E-state index contributed by atoms with van der Waals surface area (Å²) in [6, 6.07) is 3.74. The molecule has 1 rings (SSSR count). The molecular formula is C12H18N2O2. The minimum atomic E-state index is 0.604. The van der Waals surface area contributed by atoms with Gasteiger partial charge in [-0.05, 0) is 13.0 Å². The molecule has 0 fully saturated rings. The fourth-order valence-corrected chi connectivity index (χ4v) is 1.14. The fraction of sp³-hybridized carbons (Fsp3) is 0.417. The first kappa shape index (κ1) is 12.5. The number of methoxy groups -OCH3 is 1. The van der Waals surface area contributed by atoms with Gasteiger partial charge in [-0.2, -0.15) is 0 Å². The molecule has 1 heterocycles. The van der Waals surface area contributed by atoms with E-state index in [0.29, 0.717) is 19.1 Å². The van der Waals surface area contributed by atoms with Crippen LogP contribution in [0.4, 0.5) is 5.69 Å². The predicted octanol–water partition coefficient (Wildman–Crippen LogP) is 2.09. The first-order valence-electron chi connectivity index (χ1n) is 5.18. The third-order valence-corrected chi connectivity index (χ3v) is 1.87. The molecule has 0 aliphatic carbocycles. The lowest BCUT2D eigenvalue weighted by Crippen LogP contribution is -2.10. The van der Waals surface area contributed by atoms with Gasteiger partial charge in [0.05, 0.1) is 20.3 Å². The summed E-state index contributed by atoms with van der Waals surface area (Å²) in [7, 11) is 1.60. The molecule has 0 unspecified atom stereocenters. The highest BCUT2D eigenvalue weighted by Crippen LogP contribution is 2.12. The highest BCUT2D eigenvalue weighted by atomic mass is 16.5. The standard InChI is InChI=1S/C12H18N2O2/c1-10(2)9-16-7-6-13-11-4-5-14-12(8-11)15-3/h4-5,8H,1,6-7,9H2,2-3H3,(H,13,14). The zero-order chi connectivity index (χ0) is 11.8. The molecule has 0 saturated carbocycles. The van der Waals surface area contributed by atoms with Gasteiger partial charge < -0.3 is 14.8 Å². The summed E-state index contributed by atoms with van der Waals surface area (Å²) in [6.45, 7) is 7.72. The monoisotopic (exact) mass is 222 g/mol. The number of hydrogen-bond donors (Lipinski definition) is 1. The van der Waals surface area contributed by atoms with E-state index < -0.39 is 0 Å². The number of hydrogen-bond acceptors (Lipinski definition) is 4. The Labute approximate surface area is 96.3 Å². The van der Waals surface area contributed by atoms with E-state index in [1.165, 1.54) is 0 Å². The van der Waals surface area contributed by atoms with E-state index in [1.807, 2.05) is 19.1 Å². The van der Waals surface area contributed by atoms with Gasteiger partial charge in [0.1, 0.15) is 0 Å². The molecule has 0 spiro atoms. The second kappa shape index (κ2) is 6.85. The van der Waals surface area contributed by atoms with Crippen LogP contribution in [-0.4, -0.2) is 31.9 Å². The van der Waals surface area contributed by atoms with Crippen molar-refractivity contribution >= 4 is 5.69 Å². The molecule has 0 saturated heterocycles. The lowest BCUT2D eigenvalue weighted by Gasteiger charge is -2.08. The minimum Gasteiger partial charge on any atom is -0.481 e. The number of anilines is 1. The van der Waals surface area contributed by atoms with Crippen molar-refractivity contribution in [3.63, 3.8) is 0 Å². The predicted molar refractivity (Wildman–Crippen MR) is 64.9 cm³/mol.